The van der Waals surface area contributed by atoms with E-state index in [1.54, 1.807) is 55.4 Å². The van der Waals surface area contributed by atoms with E-state index in [1.807, 2.05) is 0 Å². The normalized spacial score (nSPS) is 13.4. The zero-order valence-electron chi connectivity index (χ0n) is 16.4. The number of ketones is 2. The molecule has 0 saturated heterocycles. The Hall–Kier alpha value is -1.20. The number of carbonyl (C=O) groups is 4. The molecule has 0 heterocycles. The van der Waals surface area contributed by atoms with Gasteiger partial charge in [0.05, 0.1) is 23.8 Å². The van der Waals surface area contributed by atoms with E-state index >= 15 is 0 Å². The van der Waals surface area contributed by atoms with Gasteiger partial charge in [-0.1, -0.05) is 55.4 Å². The number of hydrogen-bond acceptors (Lipinski definition) is 6. The number of carbonyl (C=O) groups excluding carboxylic acids is 4. The second kappa shape index (κ2) is 11.4. The standard InChI is InChI=1S/2C9H16O3.Fe/c2*1-5-6(10)7(8(11)12)9(2,3)4;/h2*7H,5H2,1-4H3,(H,11,12);/q;;+2/p-2. The Morgan fingerprint density at radius 1 is 0.680 bits per heavy atom. The van der Waals surface area contributed by atoms with Gasteiger partial charge in [-0.2, -0.15) is 0 Å². The average molecular weight is 398 g/mol. The Morgan fingerprint density at radius 3 is 0.920 bits per heavy atom. The summed E-state index contributed by atoms with van der Waals surface area (Å²) in [4.78, 5) is 43.6. The number of rotatable bonds is 6. The molecule has 0 bridgehead atoms. The Morgan fingerprint density at radius 2 is 0.880 bits per heavy atom. The number of carboxylic acid groups (broad SMARTS) is 2. The molecule has 0 aliphatic carbocycles. The SMILES string of the molecule is CCC(=O)C(C(=O)[O-])C(C)(C)C.CCC(=O)C(C(=O)[O-])C(C)(C)C.[Fe+2]. The molecular formula is C18H30FeO6. The third kappa shape index (κ3) is 10.4. The summed E-state index contributed by atoms with van der Waals surface area (Å²) < 4.78 is 0. The van der Waals surface area contributed by atoms with Gasteiger partial charge in [-0.25, -0.2) is 0 Å². The Balaban J connectivity index is -0.000000372. The summed E-state index contributed by atoms with van der Waals surface area (Å²) in [6, 6.07) is 0. The fraction of sp³-hybridized carbons (Fsp3) is 0.778. The maximum atomic E-state index is 11.2. The van der Waals surface area contributed by atoms with Crippen LogP contribution in [0.25, 0.3) is 0 Å². The molecule has 0 N–H and O–H groups in total. The minimum absolute atomic E-state index is 0. The molecule has 25 heavy (non-hydrogen) atoms. The Labute approximate surface area is 161 Å². The smallest absolute Gasteiger partial charge is 0.549 e. The molecule has 0 saturated carbocycles. The van der Waals surface area contributed by atoms with Crippen molar-refractivity contribution in [2.75, 3.05) is 0 Å². The molecule has 0 aromatic rings. The zero-order chi connectivity index (χ0) is 19.9. The van der Waals surface area contributed by atoms with E-state index in [1.165, 1.54) is 0 Å². The molecule has 0 aromatic heterocycles. The minimum Gasteiger partial charge on any atom is -0.549 e. The largest absolute Gasteiger partial charge is 2.00 e. The van der Waals surface area contributed by atoms with Crippen molar-refractivity contribution in [3.63, 3.8) is 0 Å². The third-order valence-corrected chi connectivity index (χ3v) is 3.54. The molecule has 0 radical (unpaired) electrons. The van der Waals surface area contributed by atoms with Crippen molar-refractivity contribution in [1.29, 1.82) is 0 Å². The maximum Gasteiger partial charge on any atom is 2.00 e. The molecule has 0 aromatic carbocycles. The Kier molecular flexibility index (Phi) is 13.1. The zero-order valence-corrected chi connectivity index (χ0v) is 17.5. The molecule has 0 aliphatic heterocycles. The predicted octanol–water partition coefficient (Wildman–Crippen LogP) is 0.753. The van der Waals surface area contributed by atoms with Crippen LogP contribution >= 0.6 is 0 Å². The van der Waals surface area contributed by atoms with E-state index in [2.05, 4.69) is 0 Å². The van der Waals surface area contributed by atoms with E-state index in [0.717, 1.165) is 0 Å². The van der Waals surface area contributed by atoms with Crippen LogP contribution in [0.4, 0.5) is 0 Å². The first-order valence-electron chi connectivity index (χ1n) is 8.08. The van der Waals surface area contributed by atoms with Gasteiger partial charge in [0.15, 0.2) is 0 Å². The van der Waals surface area contributed by atoms with Gasteiger partial charge >= 0.3 is 17.1 Å². The van der Waals surface area contributed by atoms with Gasteiger partial charge in [0.1, 0.15) is 11.6 Å². The van der Waals surface area contributed by atoms with Crippen LogP contribution in [0.2, 0.25) is 0 Å². The topological polar surface area (TPSA) is 114 Å². The van der Waals surface area contributed by atoms with Crippen LogP contribution < -0.4 is 10.2 Å². The van der Waals surface area contributed by atoms with Gasteiger partial charge in [0.25, 0.3) is 0 Å². The molecule has 0 fully saturated rings. The van der Waals surface area contributed by atoms with Gasteiger partial charge in [0.2, 0.25) is 0 Å². The number of carboxylic acids is 2. The van der Waals surface area contributed by atoms with Crippen LogP contribution in [0, 0.1) is 22.7 Å². The van der Waals surface area contributed by atoms with Crippen LogP contribution in [0.3, 0.4) is 0 Å². The summed E-state index contributed by atoms with van der Waals surface area (Å²) in [6.45, 7) is 13.7. The van der Waals surface area contributed by atoms with Crippen molar-refractivity contribution in [3.05, 3.63) is 0 Å². The van der Waals surface area contributed by atoms with Gasteiger partial charge < -0.3 is 19.8 Å². The first kappa shape index (κ1) is 28.6. The van der Waals surface area contributed by atoms with E-state index in [-0.39, 0.29) is 41.5 Å². The van der Waals surface area contributed by atoms with Gasteiger partial charge in [-0.3, -0.25) is 9.59 Å². The minimum atomic E-state index is -1.27. The number of Topliss-reactive ketones (excluding diaryl/α,β-unsaturated/α-hetero) is 2. The number of hydrogen-bond donors (Lipinski definition) is 0. The van der Waals surface area contributed by atoms with Crippen molar-refractivity contribution < 1.29 is 46.5 Å². The second-order valence-electron chi connectivity index (χ2n) is 7.88. The van der Waals surface area contributed by atoms with Gasteiger partial charge in [-0.15, -0.1) is 0 Å². The Bertz CT molecular complexity index is 427. The van der Waals surface area contributed by atoms with E-state index in [9.17, 15) is 29.4 Å². The molecule has 2 unspecified atom stereocenters. The first-order chi connectivity index (χ1) is 10.6. The molecular weight excluding hydrogens is 368 g/mol. The molecule has 2 atom stereocenters. The first-order valence-corrected chi connectivity index (χ1v) is 8.08. The summed E-state index contributed by atoms with van der Waals surface area (Å²) in [6.07, 6.45) is 0.492. The second-order valence-corrected chi connectivity index (χ2v) is 7.88. The van der Waals surface area contributed by atoms with Crippen molar-refractivity contribution >= 4 is 23.5 Å². The summed E-state index contributed by atoms with van der Waals surface area (Å²) >= 11 is 0. The fourth-order valence-corrected chi connectivity index (χ4v) is 2.34. The van der Waals surface area contributed by atoms with E-state index < -0.39 is 34.6 Å². The summed E-state index contributed by atoms with van der Waals surface area (Å²) in [7, 11) is 0. The molecule has 0 amide bonds. The van der Waals surface area contributed by atoms with Crippen LogP contribution in [0.5, 0.6) is 0 Å². The third-order valence-electron chi connectivity index (χ3n) is 3.54. The van der Waals surface area contributed by atoms with Gasteiger partial charge in [0, 0.05) is 12.8 Å². The van der Waals surface area contributed by atoms with Crippen molar-refractivity contribution in [1.82, 2.24) is 0 Å². The van der Waals surface area contributed by atoms with Crippen LogP contribution in [0.15, 0.2) is 0 Å². The fourth-order valence-electron chi connectivity index (χ4n) is 2.34. The average Bonchev–Trinajstić information content (AvgIpc) is 2.34. The van der Waals surface area contributed by atoms with E-state index in [0.29, 0.717) is 0 Å². The molecule has 0 rings (SSSR count). The van der Waals surface area contributed by atoms with Gasteiger partial charge in [-0.05, 0) is 10.8 Å². The van der Waals surface area contributed by atoms with Crippen LogP contribution in [0.1, 0.15) is 68.2 Å². The van der Waals surface area contributed by atoms with Crippen molar-refractivity contribution in [3.8, 4) is 0 Å². The number of aliphatic carboxylic acids is 2. The van der Waals surface area contributed by atoms with E-state index in [4.69, 9.17) is 0 Å². The van der Waals surface area contributed by atoms with Crippen LogP contribution in [-0.2, 0) is 36.2 Å². The molecule has 0 spiro atoms. The molecule has 7 heteroatoms. The summed E-state index contributed by atoms with van der Waals surface area (Å²) in [5.41, 5.74) is -1.10. The monoisotopic (exact) mass is 398 g/mol. The molecule has 146 valence electrons. The molecule has 6 nitrogen and oxygen atoms in total. The van der Waals surface area contributed by atoms with Crippen molar-refractivity contribution in [2.45, 2.75) is 68.2 Å². The quantitative estimate of drug-likeness (QED) is 0.482. The maximum absolute atomic E-state index is 11.2. The predicted molar refractivity (Wildman–Crippen MR) is 86.5 cm³/mol. The molecule has 0 aliphatic rings. The van der Waals surface area contributed by atoms with Crippen molar-refractivity contribution in [2.24, 2.45) is 22.7 Å². The van der Waals surface area contributed by atoms with Crippen LogP contribution in [-0.4, -0.2) is 23.5 Å². The summed E-state index contributed by atoms with van der Waals surface area (Å²) in [5, 5.41) is 21.2. The summed E-state index contributed by atoms with van der Waals surface area (Å²) in [5.74, 6) is -5.03.